The Morgan fingerprint density at radius 2 is 2.38 bits per heavy atom. The Bertz CT molecular complexity index is 132. The molecule has 1 aliphatic heterocycles. The zero-order valence-electron chi connectivity index (χ0n) is 8.71. The summed E-state index contributed by atoms with van der Waals surface area (Å²) in [5.41, 5.74) is 0. The topological polar surface area (TPSA) is 21.3 Å². The third kappa shape index (κ3) is 3.88. The maximum atomic E-state index is 5.50. The van der Waals surface area contributed by atoms with E-state index in [0.717, 1.165) is 19.1 Å². The van der Waals surface area contributed by atoms with E-state index in [2.05, 4.69) is 18.6 Å². The molecular formula is C10H21NOS. The summed E-state index contributed by atoms with van der Waals surface area (Å²) in [6, 6.07) is 0.690. The second kappa shape index (κ2) is 6.68. The third-order valence-corrected chi connectivity index (χ3v) is 3.47. The number of thioether (sulfide) groups is 1. The Labute approximate surface area is 85.8 Å². The number of rotatable bonds is 5. The molecule has 13 heavy (non-hydrogen) atoms. The second-order valence-corrected chi connectivity index (χ2v) is 4.64. The molecule has 3 heteroatoms. The van der Waals surface area contributed by atoms with Crippen LogP contribution in [-0.4, -0.2) is 38.3 Å². The van der Waals surface area contributed by atoms with Crippen LogP contribution < -0.4 is 5.32 Å². The van der Waals surface area contributed by atoms with Gasteiger partial charge < -0.3 is 10.1 Å². The fourth-order valence-corrected chi connectivity index (χ4v) is 2.41. The molecule has 0 saturated carbocycles. The van der Waals surface area contributed by atoms with E-state index in [1.54, 1.807) is 0 Å². The summed E-state index contributed by atoms with van der Waals surface area (Å²) in [6.07, 6.45) is 5.99. The zero-order chi connectivity index (χ0) is 9.52. The third-order valence-electron chi connectivity index (χ3n) is 2.77. The maximum absolute atomic E-state index is 5.50. The number of hydrogen-bond acceptors (Lipinski definition) is 3. The van der Waals surface area contributed by atoms with Gasteiger partial charge in [-0.3, -0.25) is 0 Å². The normalized spacial score (nSPS) is 29.1. The van der Waals surface area contributed by atoms with E-state index < -0.39 is 0 Å². The first-order valence-corrected chi connectivity index (χ1v) is 6.51. The van der Waals surface area contributed by atoms with Crippen molar-refractivity contribution in [1.82, 2.24) is 5.32 Å². The molecule has 1 fully saturated rings. The molecule has 0 amide bonds. The lowest BCUT2D eigenvalue weighted by atomic mass is 9.92. The largest absolute Gasteiger partial charge is 0.381 e. The molecule has 1 rings (SSSR count). The molecule has 2 unspecified atom stereocenters. The summed E-state index contributed by atoms with van der Waals surface area (Å²) < 4.78 is 5.50. The van der Waals surface area contributed by atoms with Crippen molar-refractivity contribution >= 4 is 11.8 Å². The monoisotopic (exact) mass is 203 g/mol. The van der Waals surface area contributed by atoms with E-state index in [1.165, 1.54) is 25.0 Å². The van der Waals surface area contributed by atoms with E-state index in [9.17, 15) is 0 Å². The summed E-state index contributed by atoms with van der Waals surface area (Å²) in [4.78, 5) is 0. The van der Waals surface area contributed by atoms with Crippen molar-refractivity contribution < 1.29 is 4.74 Å². The van der Waals surface area contributed by atoms with Gasteiger partial charge in [-0.2, -0.15) is 11.8 Å². The van der Waals surface area contributed by atoms with Crippen LogP contribution in [0.25, 0.3) is 0 Å². The summed E-state index contributed by atoms with van der Waals surface area (Å²) in [6.45, 7) is 1.89. The van der Waals surface area contributed by atoms with Gasteiger partial charge in [0.15, 0.2) is 0 Å². The predicted molar refractivity (Wildman–Crippen MR) is 59.4 cm³/mol. The lowest BCUT2D eigenvalue weighted by Crippen LogP contribution is -2.40. The molecule has 0 spiro atoms. The number of ether oxygens (including phenoxy) is 1. The minimum atomic E-state index is 0.690. The molecule has 1 saturated heterocycles. The van der Waals surface area contributed by atoms with Crippen molar-refractivity contribution in [2.75, 3.05) is 32.3 Å². The Morgan fingerprint density at radius 1 is 1.54 bits per heavy atom. The lowest BCUT2D eigenvalue weighted by molar-refractivity contribution is 0.0306. The van der Waals surface area contributed by atoms with E-state index >= 15 is 0 Å². The van der Waals surface area contributed by atoms with Crippen LogP contribution in [0, 0.1) is 5.92 Å². The van der Waals surface area contributed by atoms with Gasteiger partial charge in [0.25, 0.3) is 0 Å². The molecule has 0 aromatic heterocycles. The van der Waals surface area contributed by atoms with Gasteiger partial charge in [0.05, 0.1) is 6.61 Å². The van der Waals surface area contributed by atoms with Crippen LogP contribution in [-0.2, 0) is 4.74 Å². The Kier molecular flexibility index (Phi) is 5.83. The highest BCUT2D eigenvalue weighted by molar-refractivity contribution is 7.98. The smallest absolute Gasteiger partial charge is 0.0509 e. The highest BCUT2D eigenvalue weighted by Crippen LogP contribution is 2.20. The van der Waals surface area contributed by atoms with Gasteiger partial charge in [0, 0.05) is 12.6 Å². The summed E-state index contributed by atoms with van der Waals surface area (Å²) in [7, 11) is 2.07. The van der Waals surface area contributed by atoms with Crippen LogP contribution >= 0.6 is 11.8 Å². The van der Waals surface area contributed by atoms with Gasteiger partial charge >= 0.3 is 0 Å². The van der Waals surface area contributed by atoms with E-state index in [1.807, 2.05) is 11.8 Å². The highest BCUT2D eigenvalue weighted by Gasteiger charge is 2.23. The first kappa shape index (κ1) is 11.3. The quantitative estimate of drug-likeness (QED) is 0.688. The molecule has 0 aromatic rings. The van der Waals surface area contributed by atoms with Gasteiger partial charge in [-0.25, -0.2) is 0 Å². The molecule has 0 radical (unpaired) electrons. The standard InChI is InChI=1S/C10H21NOS/c1-11-10-5-6-12-8-9(10)4-3-7-13-2/h9-11H,3-8H2,1-2H3. The van der Waals surface area contributed by atoms with Crippen LogP contribution in [0.2, 0.25) is 0 Å². The summed E-state index contributed by atoms with van der Waals surface area (Å²) in [5.74, 6) is 2.03. The highest BCUT2D eigenvalue weighted by atomic mass is 32.2. The maximum Gasteiger partial charge on any atom is 0.0509 e. The summed E-state index contributed by atoms with van der Waals surface area (Å²) in [5, 5.41) is 3.39. The van der Waals surface area contributed by atoms with Gasteiger partial charge in [-0.1, -0.05) is 0 Å². The minimum Gasteiger partial charge on any atom is -0.381 e. The van der Waals surface area contributed by atoms with Crippen LogP contribution in [0.3, 0.4) is 0 Å². The number of hydrogen-bond donors (Lipinski definition) is 1. The molecule has 78 valence electrons. The number of nitrogens with one attached hydrogen (secondary N) is 1. The molecule has 1 N–H and O–H groups in total. The lowest BCUT2D eigenvalue weighted by Gasteiger charge is -2.31. The summed E-state index contributed by atoms with van der Waals surface area (Å²) >= 11 is 1.94. The zero-order valence-corrected chi connectivity index (χ0v) is 9.53. The SMILES string of the molecule is CNC1CCOCC1CCCSC. The van der Waals surface area contributed by atoms with Gasteiger partial charge in [0.2, 0.25) is 0 Å². The molecule has 0 aromatic carbocycles. The average molecular weight is 203 g/mol. The fraction of sp³-hybridized carbons (Fsp3) is 1.00. The fourth-order valence-electron chi connectivity index (χ4n) is 1.95. The minimum absolute atomic E-state index is 0.690. The molecule has 0 aliphatic carbocycles. The van der Waals surface area contributed by atoms with Crippen molar-refractivity contribution in [3.05, 3.63) is 0 Å². The van der Waals surface area contributed by atoms with Crippen LogP contribution in [0.5, 0.6) is 0 Å². The first-order chi connectivity index (χ1) is 6.38. The predicted octanol–water partition coefficient (Wildman–Crippen LogP) is 1.75. The van der Waals surface area contributed by atoms with E-state index in [-0.39, 0.29) is 0 Å². The van der Waals surface area contributed by atoms with Gasteiger partial charge in [-0.05, 0) is 44.2 Å². The van der Waals surface area contributed by atoms with Crippen LogP contribution in [0.1, 0.15) is 19.3 Å². The molecule has 1 aliphatic rings. The Balaban J connectivity index is 2.19. The van der Waals surface area contributed by atoms with E-state index in [4.69, 9.17) is 4.74 Å². The molecular weight excluding hydrogens is 182 g/mol. The Hall–Kier alpha value is 0.270. The molecule has 1 heterocycles. The second-order valence-electron chi connectivity index (χ2n) is 3.65. The first-order valence-electron chi connectivity index (χ1n) is 5.12. The van der Waals surface area contributed by atoms with Crippen molar-refractivity contribution in [3.63, 3.8) is 0 Å². The molecule has 0 bridgehead atoms. The van der Waals surface area contributed by atoms with Crippen LogP contribution in [0.4, 0.5) is 0 Å². The van der Waals surface area contributed by atoms with Crippen LogP contribution in [0.15, 0.2) is 0 Å². The van der Waals surface area contributed by atoms with E-state index in [0.29, 0.717) is 6.04 Å². The molecule has 2 nitrogen and oxygen atoms in total. The van der Waals surface area contributed by atoms with Crippen molar-refractivity contribution in [3.8, 4) is 0 Å². The van der Waals surface area contributed by atoms with Crippen molar-refractivity contribution in [1.29, 1.82) is 0 Å². The van der Waals surface area contributed by atoms with Gasteiger partial charge in [-0.15, -0.1) is 0 Å². The average Bonchev–Trinajstić information content (AvgIpc) is 2.19. The molecule has 2 atom stereocenters. The van der Waals surface area contributed by atoms with Gasteiger partial charge in [0.1, 0.15) is 0 Å². The van der Waals surface area contributed by atoms with Crippen molar-refractivity contribution in [2.24, 2.45) is 5.92 Å². The Morgan fingerprint density at radius 3 is 3.08 bits per heavy atom. The van der Waals surface area contributed by atoms with Crippen molar-refractivity contribution in [2.45, 2.75) is 25.3 Å².